The van der Waals surface area contributed by atoms with Gasteiger partial charge in [0.25, 0.3) is 0 Å². The minimum absolute atomic E-state index is 0.148. The third-order valence-electron chi connectivity index (χ3n) is 5.57. The lowest BCUT2D eigenvalue weighted by molar-refractivity contribution is -0.144. The molecule has 0 bridgehead atoms. The van der Waals surface area contributed by atoms with Crippen molar-refractivity contribution in [3.8, 4) is 11.5 Å². The van der Waals surface area contributed by atoms with Crippen molar-refractivity contribution in [2.75, 3.05) is 26.2 Å². The van der Waals surface area contributed by atoms with Gasteiger partial charge in [0.1, 0.15) is 19.3 Å². The Balaban J connectivity index is 1.27. The van der Waals surface area contributed by atoms with Crippen LogP contribution in [0.25, 0.3) is 0 Å². The molecule has 4 rings (SSSR count). The highest BCUT2D eigenvalue weighted by molar-refractivity contribution is 6.45. The average Bonchev–Trinajstić information content (AvgIpc) is 2.99. The Morgan fingerprint density at radius 1 is 1.06 bits per heavy atom. The Morgan fingerprint density at radius 3 is 2.61 bits per heavy atom. The van der Waals surface area contributed by atoms with Gasteiger partial charge < -0.3 is 14.8 Å². The number of hydrogen-bond donors (Lipinski definition) is 1. The van der Waals surface area contributed by atoms with Gasteiger partial charge in [-0.15, -0.1) is 0 Å². The molecular formula is C22H25N3O6. The molecule has 164 valence electrons. The van der Waals surface area contributed by atoms with Crippen LogP contribution in [0, 0.1) is 0 Å². The van der Waals surface area contributed by atoms with E-state index in [1.54, 1.807) is 12.1 Å². The van der Waals surface area contributed by atoms with Crippen LogP contribution in [0.4, 0.5) is 4.79 Å². The number of para-hydroxylation sites is 2. The van der Waals surface area contributed by atoms with Gasteiger partial charge in [0.15, 0.2) is 11.5 Å². The van der Waals surface area contributed by atoms with Crippen molar-refractivity contribution < 1.29 is 28.7 Å². The summed E-state index contributed by atoms with van der Waals surface area (Å²) in [5, 5.41) is 2.64. The lowest BCUT2D eigenvalue weighted by atomic mass is 9.97. The highest BCUT2D eigenvalue weighted by Crippen LogP contribution is 2.30. The molecule has 5 amide bonds. The maximum Gasteiger partial charge on any atom is 0.334 e. The summed E-state index contributed by atoms with van der Waals surface area (Å²) < 4.78 is 11.4. The fraction of sp³-hybridized carbons (Fsp3) is 0.455. The first-order valence-electron chi connectivity index (χ1n) is 10.5. The highest BCUT2D eigenvalue weighted by atomic mass is 16.6. The zero-order valence-corrected chi connectivity index (χ0v) is 17.2. The van der Waals surface area contributed by atoms with Crippen LogP contribution in [-0.4, -0.2) is 65.9 Å². The summed E-state index contributed by atoms with van der Waals surface area (Å²) in [6.45, 7) is 0.0585. The molecule has 2 aliphatic heterocycles. The number of carbonyl (C=O) groups is 4. The summed E-state index contributed by atoms with van der Waals surface area (Å²) in [6, 6.07) is 6.48. The van der Waals surface area contributed by atoms with Crippen LogP contribution < -0.4 is 14.8 Å². The summed E-state index contributed by atoms with van der Waals surface area (Å²) >= 11 is 0. The van der Waals surface area contributed by atoms with Crippen molar-refractivity contribution in [3.05, 3.63) is 35.9 Å². The van der Waals surface area contributed by atoms with Crippen molar-refractivity contribution in [2.45, 2.75) is 38.2 Å². The van der Waals surface area contributed by atoms with Crippen LogP contribution in [0.2, 0.25) is 0 Å². The molecule has 1 saturated heterocycles. The minimum atomic E-state index is -0.969. The first kappa shape index (κ1) is 20.9. The number of nitrogens with zero attached hydrogens (tertiary/aromatic N) is 2. The first-order valence-corrected chi connectivity index (χ1v) is 10.5. The third kappa shape index (κ3) is 4.70. The number of benzene rings is 1. The second-order valence-electron chi connectivity index (χ2n) is 7.79. The van der Waals surface area contributed by atoms with E-state index < -0.39 is 36.4 Å². The molecule has 9 nitrogen and oxygen atoms in total. The zero-order valence-electron chi connectivity index (χ0n) is 17.2. The average molecular weight is 427 g/mol. The molecule has 0 aromatic heterocycles. The fourth-order valence-electron chi connectivity index (χ4n) is 3.86. The number of ether oxygens (including phenoxy) is 2. The van der Waals surface area contributed by atoms with Crippen LogP contribution in [0.1, 0.15) is 32.1 Å². The van der Waals surface area contributed by atoms with Gasteiger partial charge in [0, 0.05) is 6.54 Å². The largest absolute Gasteiger partial charge is 0.486 e. The summed E-state index contributed by atoms with van der Waals surface area (Å²) in [4.78, 5) is 50.9. The van der Waals surface area contributed by atoms with Crippen molar-refractivity contribution in [2.24, 2.45) is 0 Å². The predicted octanol–water partition coefficient (Wildman–Crippen LogP) is 1.62. The van der Waals surface area contributed by atoms with Gasteiger partial charge in [0.2, 0.25) is 5.91 Å². The number of hydrogen-bond acceptors (Lipinski definition) is 6. The third-order valence-corrected chi connectivity index (χ3v) is 5.57. The van der Waals surface area contributed by atoms with Crippen LogP contribution in [-0.2, 0) is 14.4 Å². The molecule has 2 heterocycles. The van der Waals surface area contributed by atoms with Crippen LogP contribution in [0.3, 0.4) is 0 Å². The maximum atomic E-state index is 12.5. The van der Waals surface area contributed by atoms with Gasteiger partial charge in [-0.2, -0.15) is 0 Å². The molecule has 1 atom stereocenters. The summed E-state index contributed by atoms with van der Waals surface area (Å²) in [6.07, 6.45) is 6.50. The van der Waals surface area contributed by atoms with Gasteiger partial charge in [-0.05, 0) is 44.2 Å². The van der Waals surface area contributed by atoms with Crippen molar-refractivity contribution >= 4 is 23.8 Å². The first-order chi connectivity index (χ1) is 15.0. The molecule has 0 spiro atoms. The second-order valence-corrected chi connectivity index (χ2v) is 7.79. The fourth-order valence-corrected chi connectivity index (χ4v) is 3.86. The number of imide groups is 2. The van der Waals surface area contributed by atoms with Crippen molar-refractivity contribution in [1.82, 2.24) is 15.1 Å². The Kier molecular flexibility index (Phi) is 6.20. The Labute approximate surface area is 180 Å². The summed E-state index contributed by atoms with van der Waals surface area (Å²) in [5.74, 6) is -1.17. The highest BCUT2D eigenvalue weighted by Gasteiger charge is 2.45. The lowest BCUT2D eigenvalue weighted by Gasteiger charge is -2.26. The van der Waals surface area contributed by atoms with E-state index in [4.69, 9.17) is 9.47 Å². The van der Waals surface area contributed by atoms with Crippen molar-refractivity contribution in [3.63, 3.8) is 0 Å². The SMILES string of the molecule is O=C(CN1C(=O)C(=O)N(CCC2=CCCCC2)C1=O)NC[C@H]1COc2ccccc2O1. The van der Waals surface area contributed by atoms with E-state index in [1.807, 2.05) is 12.1 Å². The van der Waals surface area contributed by atoms with Gasteiger partial charge in [-0.25, -0.2) is 9.69 Å². The number of allylic oxidation sites excluding steroid dienone is 1. The second kappa shape index (κ2) is 9.20. The Bertz CT molecular complexity index is 928. The number of urea groups is 1. The van der Waals surface area contributed by atoms with E-state index in [-0.39, 0.29) is 19.7 Å². The predicted molar refractivity (Wildman–Crippen MR) is 109 cm³/mol. The number of carbonyl (C=O) groups excluding carboxylic acids is 4. The number of amides is 5. The minimum Gasteiger partial charge on any atom is -0.486 e. The van der Waals surface area contributed by atoms with E-state index in [1.165, 1.54) is 5.57 Å². The van der Waals surface area contributed by atoms with Crippen LogP contribution in [0.15, 0.2) is 35.9 Å². The molecule has 31 heavy (non-hydrogen) atoms. The van der Waals surface area contributed by atoms with Gasteiger partial charge in [0.05, 0.1) is 6.54 Å². The number of nitrogens with one attached hydrogen (secondary N) is 1. The van der Waals surface area contributed by atoms with Gasteiger partial charge in [-0.1, -0.05) is 23.8 Å². The van der Waals surface area contributed by atoms with Gasteiger partial charge in [-0.3, -0.25) is 19.3 Å². The Hall–Kier alpha value is -3.36. The molecule has 0 saturated carbocycles. The van der Waals surface area contributed by atoms with Crippen LogP contribution >= 0.6 is 0 Å². The molecule has 1 aliphatic carbocycles. The molecule has 9 heteroatoms. The molecule has 0 unspecified atom stereocenters. The topological polar surface area (TPSA) is 105 Å². The number of fused-ring (bicyclic) bond motifs is 1. The smallest absolute Gasteiger partial charge is 0.334 e. The van der Waals surface area contributed by atoms with E-state index in [0.717, 1.165) is 30.6 Å². The molecule has 1 fully saturated rings. The normalized spacial score (nSPS) is 20.7. The maximum absolute atomic E-state index is 12.5. The zero-order chi connectivity index (χ0) is 21.8. The van der Waals surface area contributed by atoms with Crippen molar-refractivity contribution in [1.29, 1.82) is 0 Å². The molecular weight excluding hydrogens is 402 g/mol. The standard InChI is InChI=1S/C22H25N3O6/c26-19(23-12-16-14-30-17-8-4-5-9-18(17)31-16)13-25-21(28)20(27)24(22(25)29)11-10-15-6-2-1-3-7-15/h4-6,8-9,16H,1-3,7,10-14H2,(H,23,26)/t16-/m0/s1. The molecule has 1 N–H and O–H groups in total. The van der Waals surface area contributed by atoms with Crippen LogP contribution in [0.5, 0.6) is 11.5 Å². The van der Waals surface area contributed by atoms with E-state index >= 15 is 0 Å². The lowest BCUT2D eigenvalue weighted by Crippen LogP contribution is -2.46. The molecule has 0 radical (unpaired) electrons. The molecule has 3 aliphatic rings. The summed E-state index contributed by atoms with van der Waals surface area (Å²) in [7, 11) is 0. The van der Waals surface area contributed by atoms with Gasteiger partial charge >= 0.3 is 17.8 Å². The van der Waals surface area contributed by atoms with E-state index in [2.05, 4.69) is 11.4 Å². The monoisotopic (exact) mass is 427 g/mol. The molecule has 1 aromatic carbocycles. The van der Waals surface area contributed by atoms with E-state index in [9.17, 15) is 19.2 Å². The Morgan fingerprint density at radius 2 is 1.84 bits per heavy atom. The summed E-state index contributed by atoms with van der Waals surface area (Å²) in [5.41, 5.74) is 1.20. The number of rotatable bonds is 7. The van der Waals surface area contributed by atoms with E-state index in [0.29, 0.717) is 22.8 Å². The quantitative estimate of drug-likeness (QED) is 0.403. The molecule has 1 aromatic rings.